The van der Waals surface area contributed by atoms with Gasteiger partial charge in [0.2, 0.25) is 5.90 Å². The molecule has 3 N–H and O–H groups in total. The number of hydrogen-bond donors (Lipinski definition) is 3. The standard InChI is InChI=1S/C17H19FN2O4/c1-10(7-18)24-14-5-11(4-13(22)6-14)15-2-3-16(20-15)17-19-12(8-21)9-23-17/h2-6,10,12,20-22H,7-9H2,1H3/t10-,12+/m0/s1. The molecule has 0 bridgehead atoms. The van der Waals surface area contributed by atoms with Gasteiger partial charge in [0, 0.05) is 17.3 Å². The van der Waals surface area contributed by atoms with E-state index in [1.54, 1.807) is 19.1 Å². The normalized spacial score (nSPS) is 18.1. The number of ether oxygens (including phenoxy) is 2. The highest BCUT2D eigenvalue weighted by Crippen LogP contribution is 2.30. The molecule has 0 fully saturated rings. The van der Waals surface area contributed by atoms with Crippen molar-refractivity contribution in [1.29, 1.82) is 0 Å². The van der Waals surface area contributed by atoms with Gasteiger partial charge in [-0.3, -0.25) is 0 Å². The summed E-state index contributed by atoms with van der Waals surface area (Å²) in [4.78, 5) is 7.43. The minimum absolute atomic E-state index is 0.0273. The molecule has 1 aliphatic rings. The van der Waals surface area contributed by atoms with Crippen LogP contribution in [0.2, 0.25) is 0 Å². The van der Waals surface area contributed by atoms with Gasteiger partial charge >= 0.3 is 0 Å². The van der Waals surface area contributed by atoms with E-state index in [1.165, 1.54) is 6.07 Å². The monoisotopic (exact) mass is 334 g/mol. The number of aliphatic imine (C=N–C) groups is 1. The highest BCUT2D eigenvalue weighted by atomic mass is 19.1. The molecule has 128 valence electrons. The Labute approximate surface area is 138 Å². The third kappa shape index (κ3) is 3.51. The smallest absolute Gasteiger partial charge is 0.233 e. The first kappa shape index (κ1) is 16.3. The summed E-state index contributed by atoms with van der Waals surface area (Å²) in [5.41, 5.74) is 2.11. The van der Waals surface area contributed by atoms with Crippen LogP contribution in [0.25, 0.3) is 11.3 Å². The highest BCUT2D eigenvalue weighted by Gasteiger charge is 2.20. The molecule has 2 aromatic rings. The zero-order valence-electron chi connectivity index (χ0n) is 13.2. The van der Waals surface area contributed by atoms with Crippen molar-refractivity contribution in [1.82, 2.24) is 4.98 Å². The van der Waals surface area contributed by atoms with E-state index < -0.39 is 12.8 Å². The van der Waals surface area contributed by atoms with Crippen LogP contribution in [0.4, 0.5) is 4.39 Å². The molecule has 1 aliphatic heterocycles. The lowest BCUT2D eigenvalue weighted by Gasteiger charge is -2.12. The number of aromatic hydroxyl groups is 1. The number of nitrogens with one attached hydrogen (secondary N) is 1. The number of nitrogens with zero attached hydrogens (tertiary/aromatic N) is 1. The van der Waals surface area contributed by atoms with Crippen molar-refractivity contribution in [2.45, 2.75) is 19.1 Å². The van der Waals surface area contributed by atoms with E-state index in [9.17, 15) is 9.50 Å². The van der Waals surface area contributed by atoms with Gasteiger partial charge in [0.05, 0.1) is 6.61 Å². The Morgan fingerprint density at radius 1 is 1.38 bits per heavy atom. The number of rotatable bonds is 6. The molecule has 6 nitrogen and oxygen atoms in total. The van der Waals surface area contributed by atoms with Crippen LogP contribution in [0.15, 0.2) is 35.3 Å². The lowest BCUT2D eigenvalue weighted by Crippen LogP contribution is -2.13. The van der Waals surface area contributed by atoms with Crippen LogP contribution in [0.1, 0.15) is 12.6 Å². The van der Waals surface area contributed by atoms with Gasteiger partial charge in [0.1, 0.15) is 42.6 Å². The first-order valence-electron chi connectivity index (χ1n) is 7.67. The van der Waals surface area contributed by atoms with Crippen molar-refractivity contribution in [2.75, 3.05) is 19.9 Å². The van der Waals surface area contributed by atoms with E-state index in [4.69, 9.17) is 14.6 Å². The second kappa shape index (κ2) is 6.92. The SMILES string of the molecule is C[C@@H](CF)Oc1cc(O)cc(-c2ccc(C3=N[C@H](CO)CO3)[nH]2)c1. The average molecular weight is 334 g/mol. The predicted molar refractivity (Wildman–Crippen MR) is 87.3 cm³/mol. The van der Waals surface area contributed by atoms with E-state index in [-0.39, 0.29) is 18.4 Å². The van der Waals surface area contributed by atoms with Crippen molar-refractivity contribution in [3.8, 4) is 22.8 Å². The first-order chi connectivity index (χ1) is 11.6. The van der Waals surface area contributed by atoms with Crippen molar-refractivity contribution >= 4 is 5.90 Å². The topological polar surface area (TPSA) is 87.1 Å². The number of aliphatic hydroxyl groups is 1. The lowest BCUT2D eigenvalue weighted by atomic mass is 10.1. The number of aromatic nitrogens is 1. The number of benzene rings is 1. The highest BCUT2D eigenvalue weighted by molar-refractivity contribution is 5.94. The fourth-order valence-corrected chi connectivity index (χ4v) is 2.42. The van der Waals surface area contributed by atoms with Crippen molar-refractivity contribution in [3.05, 3.63) is 36.0 Å². The maximum atomic E-state index is 12.6. The van der Waals surface area contributed by atoms with Crippen LogP contribution in [-0.4, -0.2) is 53.1 Å². The number of phenols is 1. The summed E-state index contributed by atoms with van der Waals surface area (Å²) < 4.78 is 23.5. The summed E-state index contributed by atoms with van der Waals surface area (Å²) in [5.74, 6) is 0.864. The fraction of sp³-hybridized carbons (Fsp3) is 0.353. The molecule has 0 saturated heterocycles. The summed E-state index contributed by atoms with van der Waals surface area (Å²) in [6.45, 7) is 1.30. The van der Waals surface area contributed by atoms with E-state index in [0.29, 0.717) is 29.5 Å². The summed E-state index contributed by atoms with van der Waals surface area (Å²) in [7, 11) is 0. The molecular formula is C17H19FN2O4. The van der Waals surface area contributed by atoms with Gasteiger partial charge in [-0.05, 0) is 31.2 Å². The number of H-pyrrole nitrogens is 1. The molecule has 2 atom stereocenters. The number of halogens is 1. The van der Waals surface area contributed by atoms with E-state index in [2.05, 4.69) is 9.98 Å². The van der Waals surface area contributed by atoms with E-state index in [1.807, 2.05) is 12.1 Å². The minimum atomic E-state index is -0.610. The Balaban J connectivity index is 1.85. The minimum Gasteiger partial charge on any atom is -0.508 e. The summed E-state index contributed by atoms with van der Waals surface area (Å²) in [6, 6.07) is 8.13. The van der Waals surface area contributed by atoms with Crippen LogP contribution >= 0.6 is 0 Å². The predicted octanol–water partition coefficient (Wildman–Crippen LogP) is 2.26. The Morgan fingerprint density at radius 3 is 2.88 bits per heavy atom. The van der Waals surface area contributed by atoms with Crippen molar-refractivity contribution < 1.29 is 24.1 Å². The maximum absolute atomic E-state index is 12.6. The van der Waals surface area contributed by atoms with Crippen LogP contribution in [0.3, 0.4) is 0 Å². The van der Waals surface area contributed by atoms with Gasteiger partial charge in [-0.25, -0.2) is 9.38 Å². The third-order valence-corrected chi connectivity index (χ3v) is 3.60. The third-order valence-electron chi connectivity index (χ3n) is 3.60. The molecule has 0 radical (unpaired) electrons. The van der Waals surface area contributed by atoms with Gasteiger partial charge in [-0.2, -0.15) is 0 Å². The van der Waals surface area contributed by atoms with E-state index >= 15 is 0 Å². The molecule has 1 aromatic heterocycles. The fourth-order valence-electron chi connectivity index (χ4n) is 2.42. The maximum Gasteiger partial charge on any atom is 0.233 e. The molecule has 7 heteroatoms. The molecular weight excluding hydrogens is 315 g/mol. The number of aromatic amines is 1. The molecule has 24 heavy (non-hydrogen) atoms. The molecule has 0 spiro atoms. The molecule has 3 rings (SSSR count). The zero-order valence-corrected chi connectivity index (χ0v) is 13.2. The van der Waals surface area contributed by atoms with Crippen molar-refractivity contribution in [3.63, 3.8) is 0 Å². The largest absolute Gasteiger partial charge is 0.508 e. The molecule has 0 aliphatic carbocycles. The van der Waals surface area contributed by atoms with E-state index in [0.717, 1.165) is 5.69 Å². The summed E-state index contributed by atoms with van der Waals surface area (Å²) >= 11 is 0. The molecule has 0 amide bonds. The summed E-state index contributed by atoms with van der Waals surface area (Å²) in [5, 5.41) is 19.0. The quantitative estimate of drug-likeness (QED) is 0.756. The number of alkyl halides is 1. The second-order valence-corrected chi connectivity index (χ2v) is 5.67. The van der Waals surface area contributed by atoms with Crippen molar-refractivity contribution in [2.24, 2.45) is 4.99 Å². The zero-order chi connectivity index (χ0) is 17.1. The lowest BCUT2D eigenvalue weighted by molar-refractivity contribution is 0.181. The van der Waals surface area contributed by atoms with Gasteiger partial charge in [0.15, 0.2) is 0 Å². The Hall–Kier alpha value is -2.54. The van der Waals surface area contributed by atoms with Gasteiger partial charge in [0.25, 0.3) is 0 Å². The van der Waals surface area contributed by atoms with Crippen LogP contribution in [0, 0.1) is 0 Å². The molecule has 2 heterocycles. The van der Waals surface area contributed by atoms with Crippen LogP contribution in [0.5, 0.6) is 11.5 Å². The Kier molecular flexibility index (Phi) is 4.71. The van der Waals surface area contributed by atoms with Gasteiger partial charge in [-0.1, -0.05) is 0 Å². The second-order valence-electron chi connectivity index (χ2n) is 5.67. The average Bonchev–Trinajstić information content (AvgIpc) is 3.23. The molecule has 1 aromatic carbocycles. The molecule has 0 saturated carbocycles. The first-order valence-corrected chi connectivity index (χ1v) is 7.67. The number of hydrogen-bond acceptors (Lipinski definition) is 5. The van der Waals surface area contributed by atoms with Crippen LogP contribution in [-0.2, 0) is 4.74 Å². The van der Waals surface area contributed by atoms with Gasteiger partial charge < -0.3 is 24.7 Å². The van der Waals surface area contributed by atoms with Crippen LogP contribution < -0.4 is 4.74 Å². The Bertz CT molecular complexity index is 744. The summed E-state index contributed by atoms with van der Waals surface area (Å²) in [6.07, 6.45) is -0.587. The molecule has 0 unspecified atom stereocenters. The number of aliphatic hydroxyl groups excluding tert-OH is 1. The van der Waals surface area contributed by atoms with Gasteiger partial charge in [-0.15, -0.1) is 0 Å². The Morgan fingerprint density at radius 2 is 2.17 bits per heavy atom. The number of phenolic OH excluding ortho intramolecular Hbond substituents is 1.